The van der Waals surface area contributed by atoms with Crippen LogP contribution in [0, 0.1) is 5.92 Å². The van der Waals surface area contributed by atoms with Gasteiger partial charge in [0.1, 0.15) is 0 Å². The summed E-state index contributed by atoms with van der Waals surface area (Å²) < 4.78 is 0. The van der Waals surface area contributed by atoms with Gasteiger partial charge in [0.05, 0.1) is 0 Å². The van der Waals surface area contributed by atoms with Crippen LogP contribution in [0.5, 0.6) is 0 Å². The lowest BCUT2D eigenvalue weighted by atomic mass is 9.84. The predicted molar refractivity (Wildman–Crippen MR) is 76.8 cm³/mol. The van der Waals surface area contributed by atoms with Gasteiger partial charge in [0, 0.05) is 4.83 Å². The molecular weight excluding hydrogens is 272 g/mol. The lowest BCUT2D eigenvalue weighted by Crippen LogP contribution is -2.21. The Morgan fingerprint density at radius 1 is 1.00 bits per heavy atom. The SMILES string of the molecule is BrC1CCCCC1Cc1ccc2c(c1)CCC2. The summed E-state index contributed by atoms with van der Waals surface area (Å²) in [6.45, 7) is 0. The Morgan fingerprint density at radius 2 is 1.82 bits per heavy atom. The molecule has 2 aliphatic carbocycles. The highest BCUT2D eigenvalue weighted by Gasteiger charge is 2.23. The molecule has 0 spiro atoms. The molecular formula is C16H21Br. The van der Waals surface area contributed by atoms with Crippen LogP contribution in [0.2, 0.25) is 0 Å². The average molecular weight is 293 g/mol. The van der Waals surface area contributed by atoms with Gasteiger partial charge in [-0.1, -0.05) is 47.0 Å². The molecule has 3 rings (SSSR count). The quantitative estimate of drug-likeness (QED) is 0.695. The molecule has 0 aliphatic heterocycles. The molecule has 0 N–H and O–H groups in total. The fourth-order valence-corrected chi connectivity index (χ4v) is 4.22. The third kappa shape index (κ3) is 2.59. The summed E-state index contributed by atoms with van der Waals surface area (Å²) in [5, 5.41) is 0. The number of hydrogen-bond acceptors (Lipinski definition) is 0. The van der Waals surface area contributed by atoms with Crippen LogP contribution >= 0.6 is 15.9 Å². The minimum Gasteiger partial charge on any atom is -0.0888 e. The van der Waals surface area contributed by atoms with Gasteiger partial charge < -0.3 is 0 Å². The molecule has 0 amide bonds. The molecule has 1 aromatic rings. The summed E-state index contributed by atoms with van der Waals surface area (Å²) in [4.78, 5) is 0.754. The molecule has 17 heavy (non-hydrogen) atoms. The zero-order chi connectivity index (χ0) is 11.7. The third-order valence-corrected chi connectivity index (χ3v) is 5.68. The summed E-state index contributed by atoms with van der Waals surface area (Å²) in [6, 6.07) is 7.23. The van der Waals surface area contributed by atoms with E-state index in [4.69, 9.17) is 0 Å². The van der Waals surface area contributed by atoms with Crippen LogP contribution in [0.4, 0.5) is 0 Å². The number of rotatable bonds is 2. The van der Waals surface area contributed by atoms with E-state index in [1.165, 1.54) is 51.4 Å². The molecule has 2 atom stereocenters. The Labute approximate surface area is 113 Å². The van der Waals surface area contributed by atoms with Crippen LogP contribution in [0.25, 0.3) is 0 Å². The van der Waals surface area contributed by atoms with E-state index in [9.17, 15) is 0 Å². The Kier molecular flexibility index (Phi) is 3.56. The van der Waals surface area contributed by atoms with Crippen molar-refractivity contribution in [2.24, 2.45) is 5.92 Å². The first-order valence-corrected chi connectivity index (χ1v) is 7.99. The zero-order valence-electron chi connectivity index (χ0n) is 10.4. The lowest BCUT2D eigenvalue weighted by Gasteiger charge is -2.27. The third-order valence-electron chi connectivity index (χ3n) is 4.48. The highest BCUT2D eigenvalue weighted by atomic mass is 79.9. The van der Waals surface area contributed by atoms with Crippen molar-refractivity contribution in [3.63, 3.8) is 0 Å². The monoisotopic (exact) mass is 292 g/mol. The molecule has 92 valence electrons. The number of fused-ring (bicyclic) bond motifs is 1. The van der Waals surface area contributed by atoms with Crippen LogP contribution in [-0.4, -0.2) is 4.83 Å². The molecule has 1 saturated carbocycles. The van der Waals surface area contributed by atoms with Crippen molar-refractivity contribution in [1.82, 2.24) is 0 Å². The van der Waals surface area contributed by atoms with Gasteiger partial charge in [0.15, 0.2) is 0 Å². The summed E-state index contributed by atoms with van der Waals surface area (Å²) >= 11 is 3.87. The van der Waals surface area contributed by atoms with Crippen molar-refractivity contribution >= 4 is 15.9 Å². The number of alkyl halides is 1. The molecule has 2 aliphatic rings. The van der Waals surface area contributed by atoms with E-state index in [0.717, 1.165) is 10.7 Å². The second kappa shape index (κ2) is 5.14. The van der Waals surface area contributed by atoms with Crippen molar-refractivity contribution < 1.29 is 0 Å². The normalized spacial score (nSPS) is 28.1. The van der Waals surface area contributed by atoms with E-state index >= 15 is 0 Å². The van der Waals surface area contributed by atoms with Gasteiger partial charge in [-0.25, -0.2) is 0 Å². The van der Waals surface area contributed by atoms with Crippen LogP contribution in [0.15, 0.2) is 18.2 Å². The Balaban J connectivity index is 1.72. The maximum absolute atomic E-state index is 3.87. The zero-order valence-corrected chi connectivity index (χ0v) is 12.0. The summed E-state index contributed by atoms with van der Waals surface area (Å²) in [6.07, 6.45) is 10.9. The minimum absolute atomic E-state index is 0.754. The second-order valence-electron chi connectivity index (χ2n) is 5.72. The maximum atomic E-state index is 3.87. The molecule has 1 aromatic carbocycles. The molecule has 1 heteroatoms. The Morgan fingerprint density at radius 3 is 2.71 bits per heavy atom. The van der Waals surface area contributed by atoms with Crippen LogP contribution in [0.3, 0.4) is 0 Å². The topological polar surface area (TPSA) is 0 Å². The van der Waals surface area contributed by atoms with E-state index in [2.05, 4.69) is 34.1 Å². The minimum atomic E-state index is 0.754. The van der Waals surface area contributed by atoms with Crippen LogP contribution < -0.4 is 0 Å². The van der Waals surface area contributed by atoms with Gasteiger partial charge in [0.2, 0.25) is 0 Å². The second-order valence-corrected chi connectivity index (χ2v) is 6.90. The smallest absolute Gasteiger partial charge is 0.0177 e. The number of benzene rings is 1. The number of hydrogen-bond donors (Lipinski definition) is 0. The lowest BCUT2D eigenvalue weighted by molar-refractivity contribution is 0.373. The molecule has 0 bridgehead atoms. The van der Waals surface area contributed by atoms with Crippen molar-refractivity contribution in [3.05, 3.63) is 34.9 Å². The number of aryl methyl sites for hydroxylation is 2. The van der Waals surface area contributed by atoms with E-state index in [0.29, 0.717) is 0 Å². The van der Waals surface area contributed by atoms with Gasteiger partial charge in [-0.3, -0.25) is 0 Å². The largest absolute Gasteiger partial charge is 0.0888 e. The van der Waals surface area contributed by atoms with Gasteiger partial charge >= 0.3 is 0 Å². The van der Waals surface area contributed by atoms with Crippen molar-refractivity contribution in [2.45, 2.75) is 56.2 Å². The molecule has 0 aromatic heterocycles. The van der Waals surface area contributed by atoms with Gasteiger partial charge in [-0.05, 0) is 61.1 Å². The van der Waals surface area contributed by atoms with E-state index in [1.54, 1.807) is 16.7 Å². The van der Waals surface area contributed by atoms with Crippen molar-refractivity contribution in [3.8, 4) is 0 Å². The molecule has 1 fully saturated rings. The maximum Gasteiger partial charge on any atom is 0.0177 e. The van der Waals surface area contributed by atoms with E-state index < -0.39 is 0 Å². The van der Waals surface area contributed by atoms with Gasteiger partial charge in [-0.15, -0.1) is 0 Å². The standard InChI is InChI=1S/C16H21Br/c17-16-7-2-1-4-15(16)11-12-8-9-13-5-3-6-14(13)10-12/h8-10,15-16H,1-7,11H2. The predicted octanol–water partition coefficient (Wildman–Crippen LogP) is 4.67. The highest BCUT2D eigenvalue weighted by molar-refractivity contribution is 9.09. The molecule has 2 unspecified atom stereocenters. The van der Waals surface area contributed by atoms with Gasteiger partial charge in [-0.2, -0.15) is 0 Å². The first kappa shape index (κ1) is 11.8. The fraction of sp³-hybridized carbons (Fsp3) is 0.625. The summed E-state index contributed by atoms with van der Waals surface area (Å²) in [5.41, 5.74) is 4.80. The molecule has 0 heterocycles. The first-order valence-electron chi connectivity index (χ1n) is 7.07. The highest BCUT2D eigenvalue weighted by Crippen LogP contribution is 2.33. The van der Waals surface area contributed by atoms with Crippen LogP contribution in [0.1, 0.15) is 48.8 Å². The van der Waals surface area contributed by atoms with Crippen LogP contribution in [-0.2, 0) is 19.3 Å². The molecule has 0 saturated heterocycles. The van der Waals surface area contributed by atoms with E-state index in [-0.39, 0.29) is 0 Å². The number of halogens is 1. The summed E-state index contributed by atoms with van der Waals surface area (Å²) in [7, 11) is 0. The summed E-state index contributed by atoms with van der Waals surface area (Å²) in [5.74, 6) is 0.864. The molecule has 0 nitrogen and oxygen atoms in total. The average Bonchev–Trinajstić information content (AvgIpc) is 2.79. The van der Waals surface area contributed by atoms with Crippen molar-refractivity contribution in [1.29, 1.82) is 0 Å². The van der Waals surface area contributed by atoms with Crippen molar-refractivity contribution in [2.75, 3.05) is 0 Å². The first-order chi connectivity index (χ1) is 8.33. The van der Waals surface area contributed by atoms with Gasteiger partial charge in [0.25, 0.3) is 0 Å². The fourth-order valence-electron chi connectivity index (χ4n) is 3.45. The Bertz CT molecular complexity index is 397. The Hall–Kier alpha value is -0.300. The van der Waals surface area contributed by atoms with E-state index in [1.807, 2.05) is 0 Å². The molecule has 0 radical (unpaired) electrons.